The van der Waals surface area contributed by atoms with Crippen LogP contribution >= 0.6 is 0 Å². The van der Waals surface area contributed by atoms with Crippen molar-refractivity contribution in [1.82, 2.24) is 9.62 Å². The van der Waals surface area contributed by atoms with Gasteiger partial charge in [0.2, 0.25) is 10.0 Å². The summed E-state index contributed by atoms with van der Waals surface area (Å²) in [5, 5.41) is 0. The van der Waals surface area contributed by atoms with E-state index in [9.17, 15) is 12.8 Å². The SMILES string of the molecule is O=S(=O)(NCc1ccccc1CN1CCCC1)c1ccc(F)cc1. The largest absolute Gasteiger partial charge is 0.299 e. The van der Waals surface area contributed by atoms with Crippen molar-refractivity contribution in [3.63, 3.8) is 0 Å². The molecular formula is C18H21FN2O2S. The van der Waals surface area contributed by atoms with Crippen molar-refractivity contribution in [2.45, 2.75) is 30.8 Å². The van der Waals surface area contributed by atoms with Crippen LogP contribution in [0.1, 0.15) is 24.0 Å². The van der Waals surface area contributed by atoms with Gasteiger partial charge in [-0.05, 0) is 61.3 Å². The molecule has 4 nitrogen and oxygen atoms in total. The normalized spacial score (nSPS) is 15.7. The molecule has 0 amide bonds. The molecule has 1 aliphatic heterocycles. The summed E-state index contributed by atoms with van der Waals surface area (Å²) in [5.41, 5.74) is 2.11. The van der Waals surface area contributed by atoms with Gasteiger partial charge in [0.1, 0.15) is 5.82 Å². The van der Waals surface area contributed by atoms with E-state index in [1.54, 1.807) is 0 Å². The van der Waals surface area contributed by atoms with E-state index < -0.39 is 15.8 Å². The topological polar surface area (TPSA) is 49.4 Å². The van der Waals surface area contributed by atoms with E-state index in [0.29, 0.717) is 0 Å². The van der Waals surface area contributed by atoms with Crippen molar-refractivity contribution in [3.8, 4) is 0 Å². The summed E-state index contributed by atoms with van der Waals surface area (Å²) in [7, 11) is -3.65. The molecule has 6 heteroatoms. The Kier molecular flexibility index (Phi) is 5.28. The van der Waals surface area contributed by atoms with E-state index in [1.165, 1.54) is 25.0 Å². The van der Waals surface area contributed by atoms with Crippen molar-refractivity contribution in [2.75, 3.05) is 13.1 Å². The van der Waals surface area contributed by atoms with Crippen molar-refractivity contribution in [1.29, 1.82) is 0 Å². The van der Waals surface area contributed by atoms with Crippen LogP contribution in [0.3, 0.4) is 0 Å². The first-order chi connectivity index (χ1) is 11.5. The minimum absolute atomic E-state index is 0.0703. The second kappa shape index (κ2) is 7.42. The van der Waals surface area contributed by atoms with Gasteiger partial charge >= 0.3 is 0 Å². The molecule has 0 atom stereocenters. The average molecular weight is 348 g/mol. The maximum absolute atomic E-state index is 13.0. The lowest BCUT2D eigenvalue weighted by atomic mass is 10.1. The smallest absolute Gasteiger partial charge is 0.240 e. The molecule has 2 aromatic rings. The van der Waals surface area contributed by atoms with E-state index in [1.807, 2.05) is 24.3 Å². The summed E-state index contributed by atoms with van der Waals surface area (Å²) >= 11 is 0. The van der Waals surface area contributed by atoms with Crippen LogP contribution in [0, 0.1) is 5.82 Å². The fourth-order valence-corrected chi connectivity index (χ4v) is 3.94. The zero-order chi connectivity index (χ0) is 17.0. The molecule has 1 aliphatic rings. The van der Waals surface area contributed by atoms with Crippen LogP contribution in [-0.2, 0) is 23.1 Å². The molecule has 0 spiro atoms. The molecule has 0 aromatic heterocycles. The van der Waals surface area contributed by atoms with Crippen LogP contribution < -0.4 is 4.72 Å². The van der Waals surface area contributed by atoms with Gasteiger partial charge in [0, 0.05) is 13.1 Å². The van der Waals surface area contributed by atoms with Crippen LogP contribution in [0.4, 0.5) is 4.39 Å². The zero-order valence-electron chi connectivity index (χ0n) is 13.4. The van der Waals surface area contributed by atoms with E-state index >= 15 is 0 Å². The maximum Gasteiger partial charge on any atom is 0.240 e. The molecule has 1 fully saturated rings. The van der Waals surface area contributed by atoms with E-state index in [-0.39, 0.29) is 11.4 Å². The predicted molar refractivity (Wildman–Crippen MR) is 91.4 cm³/mol. The van der Waals surface area contributed by atoms with Gasteiger partial charge in [-0.25, -0.2) is 17.5 Å². The summed E-state index contributed by atoms with van der Waals surface area (Å²) in [5.74, 6) is -0.454. The summed E-state index contributed by atoms with van der Waals surface area (Å²) < 4.78 is 40.2. The molecule has 0 bridgehead atoms. The fraction of sp³-hybridized carbons (Fsp3) is 0.333. The predicted octanol–water partition coefficient (Wildman–Crippen LogP) is 2.90. The summed E-state index contributed by atoms with van der Waals surface area (Å²) in [4.78, 5) is 2.45. The molecule has 1 saturated heterocycles. The monoisotopic (exact) mass is 348 g/mol. The molecule has 3 rings (SSSR count). The van der Waals surface area contributed by atoms with Gasteiger partial charge in [0.15, 0.2) is 0 Å². The van der Waals surface area contributed by atoms with Gasteiger partial charge in [-0.2, -0.15) is 0 Å². The highest BCUT2D eigenvalue weighted by molar-refractivity contribution is 7.89. The molecule has 0 radical (unpaired) electrons. The highest BCUT2D eigenvalue weighted by Crippen LogP contribution is 2.17. The van der Waals surface area contributed by atoms with Crippen LogP contribution in [-0.4, -0.2) is 26.4 Å². The molecule has 2 aromatic carbocycles. The van der Waals surface area contributed by atoms with E-state index in [0.717, 1.165) is 42.9 Å². The minimum Gasteiger partial charge on any atom is -0.299 e. The Balaban J connectivity index is 1.70. The molecule has 0 saturated carbocycles. The van der Waals surface area contributed by atoms with Gasteiger partial charge in [0.05, 0.1) is 4.90 Å². The summed E-state index contributed by atoms with van der Waals surface area (Å²) in [6.45, 7) is 3.25. The molecule has 128 valence electrons. The van der Waals surface area contributed by atoms with Crippen molar-refractivity contribution >= 4 is 10.0 Å². The van der Waals surface area contributed by atoms with Gasteiger partial charge in [-0.15, -0.1) is 0 Å². The van der Waals surface area contributed by atoms with Crippen LogP contribution in [0.5, 0.6) is 0 Å². The van der Waals surface area contributed by atoms with Gasteiger partial charge in [-0.1, -0.05) is 24.3 Å². The van der Waals surface area contributed by atoms with Crippen molar-refractivity contribution in [2.24, 2.45) is 0 Å². The standard InChI is InChI=1S/C18H21FN2O2S/c19-17-7-9-18(10-8-17)24(22,23)20-13-15-5-1-2-6-16(15)14-21-11-3-4-12-21/h1-2,5-10,20H,3-4,11-14H2. The van der Waals surface area contributed by atoms with Gasteiger partial charge in [-0.3, -0.25) is 4.90 Å². The van der Waals surface area contributed by atoms with Crippen molar-refractivity contribution < 1.29 is 12.8 Å². The first-order valence-corrected chi connectivity index (χ1v) is 9.57. The number of halogens is 1. The quantitative estimate of drug-likeness (QED) is 0.873. The molecule has 1 N–H and O–H groups in total. The summed E-state index contributed by atoms with van der Waals surface area (Å²) in [6.07, 6.45) is 2.44. The summed E-state index contributed by atoms with van der Waals surface area (Å²) in [6, 6.07) is 12.7. The third-order valence-corrected chi connectivity index (χ3v) is 5.70. The van der Waals surface area contributed by atoms with Crippen LogP contribution in [0.15, 0.2) is 53.4 Å². The number of nitrogens with zero attached hydrogens (tertiary/aromatic N) is 1. The Hall–Kier alpha value is -1.76. The molecule has 0 aliphatic carbocycles. The minimum atomic E-state index is -3.65. The maximum atomic E-state index is 13.0. The first-order valence-electron chi connectivity index (χ1n) is 8.09. The Morgan fingerprint density at radius 1 is 0.958 bits per heavy atom. The molecular weight excluding hydrogens is 327 g/mol. The van der Waals surface area contributed by atoms with Crippen LogP contribution in [0.25, 0.3) is 0 Å². The molecule has 1 heterocycles. The second-order valence-corrected chi connectivity index (χ2v) is 7.80. The number of sulfonamides is 1. The zero-order valence-corrected chi connectivity index (χ0v) is 14.2. The number of hydrogen-bond acceptors (Lipinski definition) is 3. The highest BCUT2D eigenvalue weighted by atomic mass is 32.2. The molecule has 0 unspecified atom stereocenters. The third kappa shape index (κ3) is 4.20. The lowest BCUT2D eigenvalue weighted by Gasteiger charge is -2.17. The van der Waals surface area contributed by atoms with Crippen LogP contribution in [0.2, 0.25) is 0 Å². The Morgan fingerprint density at radius 2 is 1.58 bits per heavy atom. The van der Waals surface area contributed by atoms with Crippen molar-refractivity contribution in [3.05, 3.63) is 65.5 Å². The number of likely N-dealkylation sites (tertiary alicyclic amines) is 1. The lowest BCUT2D eigenvalue weighted by molar-refractivity contribution is 0.330. The average Bonchev–Trinajstić information content (AvgIpc) is 3.08. The van der Waals surface area contributed by atoms with Gasteiger partial charge < -0.3 is 0 Å². The highest BCUT2D eigenvalue weighted by Gasteiger charge is 2.16. The van der Waals surface area contributed by atoms with E-state index in [2.05, 4.69) is 9.62 Å². The Labute approximate surface area is 142 Å². The number of benzene rings is 2. The first kappa shape index (κ1) is 17.1. The third-order valence-electron chi connectivity index (χ3n) is 4.29. The van der Waals surface area contributed by atoms with E-state index in [4.69, 9.17) is 0 Å². The second-order valence-electron chi connectivity index (χ2n) is 6.03. The Morgan fingerprint density at radius 3 is 2.25 bits per heavy atom. The number of rotatable bonds is 6. The number of nitrogens with one attached hydrogen (secondary N) is 1. The Bertz CT molecular complexity index is 785. The fourth-order valence-electron chi connectivity index (χ4n) is 2.94. The van der Waals surface area contributed by atoms with Gasteiger partial charge in [0.25, 0.3) is 0 Å². The lowest BCUT2D eigenvalue weighted by Crippen LogP contribution is -2.25. The number of hydrogen-bond donors (Lipinski definition) is 1. The molecule has 24 heavy (non-hydrogen) atoms.